The minimum absolute atomic E-state index is 0.474. The summed E-state index contributed by atoms with van der Waals surface area (Å²) in [5, 5.41) is 0. The van der Waals surface area contributed by atoms with Crippen LogP contribution >= 0.6 is 0 Å². The summed E-state index contributed by atoms with van der Waals surface area (Å²) in [4.78, 5) is 7.25. The second-order valence-electron chi connectivity index (χ2n) is 9.94. The van der Waals surface area contributed by atoms with Crippen molar-refractivity contribution in [2.24, 2.45) is 0 Å². The number of para-hydroxylation sites is 3. The lowest BCUT2D eigenvalue weighted by atomic mass is 9.63. The maximum absolute atomic E-state index is 4.83. The van der Waals surface area contributed by atoms with Gasteiger partial charge in [0.05, 0.1) is 22.5 Å². The molecule has 0 radical (unpaired) electrons. The topological polar surface area (TPSA) is 16.1 Å². The highest BCUT2D eigenvalue weighted by molar-refractivity contribution is 5.98. The number of rotatable bonds is 2. The van der Waals surface area contributed by atoms with Gasteiger partial charge >= 0.3 is 0 Å². The van der Waals surface area contributed by atoms with E-state index >= 15 is 0 Å². The molecule has 1 aliphatic heterocycles. The summed E-state index contributed by atoms with van der Waals surface area (Å²) < 4.78 is 0. The highest BCUT2D eigenvalue weighted by Crippen LogP contribution is 2.64. The molecule has 8 rings (SSSR count). The number of hydrogen-bond donors (Lipinski definition) is 0. The maximum Gasteiger partial charge on any atom is 0.0760 e. The average molecular weight is 485 g/mol. The number of hydrogen-bond acceptors (Lipinski definition) is 2. The Morgan fingerprint density at radius 2 is 1.03 bits per heavy atom. The Morgan fingerprint density at radius 3 is 1.74 bits per heavy atom. The largest absolute Gasteiger partial charge is 0.310 e. The Bertz CT molecular complexity index is 1770. The predicted molar refractivity (Wildman–Crippen MR) is 155 cm³/mol. The van der Waals surface area contributed by atoms with E-state index in [1.165, 1.54) is 50.3 Å². The molecular weight excluding hydrogens is 460 g/mol. The first-order chi connectivity index (χ1) is 18.9. The molecule has 1 spiro atoms. The highest BCUT2D eigenvalue weighted by Gasteiger charge is 2.52. The zero-order valence-corrected chi connectivity index (χ0v) is 20.8. The van der Waals surface area contributed by atoms with E-state index in [0.717, 1.165) is 11.4 Å². The van der Waals surface area contributed by atoms with E-state index in [1.54, 1.807) is 0 Å². The molecule has 0 amide bonds. The van der Waals surface area contributed by atoms with Crippen LogP contribution in [0.5, 0.6) is 0 Å². The van der Waals surface area contributed by atoms with Gasteiger partial charge in [-0.1, -0.05) is 103 Å². The molecule has 0 saturated heterocycles. The van der Waals surface area contributed by atoms with Crippen molar-refractivity contribution in [2.75, 3.05) is 4.90 Å². The van der Waals surface area contributed by atoms with Gasteiger partial charge in [0.2, 0.25) is 0 Å². The Morgan fingerprint density at radius 1 is 0.447 bits per heavy atom. The third kappa shape index (κ3) is 2.69. The smallest absolute Gasteiger partial charge is 0.0760 e. The van der Waals surface area contributed by atoms with Crippen molar-refractivity contribution < 1.29 is 0 Å². The molecular formula is C36H24N2. The zero-order chi connectivity index (χ0) is 25.1. The van der Waals surface area contributed by atoms with Crippen LogP contribution in [0.3, 0.4) is 0 Å². The van der Waals surface area contributed by atoms with Gasteiger partial charge < -0.3 is 4.90 Å². The van der Waals surface area contributed by atoms with Crippen molar-refractivity contribution in [2.45, 2.75) is 5.41 Å². The normalized spacial score (nSPS) is 13.9. The number of aromatic nitrogens is 1. The Hall–Kier alpha value is -4.95. The van der Waals surface area contributed by atoms with Gasteiger partial charge in [-0.15, -0.1) is 0 Å². The van der Waals surface area contributed by atoms with Crippen LogP contribution in [-0.4, -0.2) is 4.98 Å². The summed E-state index contributed by atoms with van der Waals surface area (Å²) in [7, 11) is 0. The molecule has 38 heavy (non-hydrogen) atoms. The first kappa shape index (κ1) is 21.2. The van der Waals surface area contributed by atoms with Crippen LogP contribution in [0, 0.1) is 0 Å². The fourth-order valence-electron chi connectivity index (χ4n) is 6.76. The highest BCUT2D eigenvalue weighted by atomic mass is 15.2. The molecule has 0 unspecified atom stereocenters. The lowest BCUT2D eigenvalue weighted by Crippen LogP contribution is -2.36. The molecule has 1 aliphatic carbocycles. The van der Waals surface area contributed by atoms with Crippen molar-refractivity contribution in [3.05, 3.63) is 168 Å². The fourth-order valence-corrected chi connectivity index (χ4v) is 6.76. The molecule has 6 aromatic rings. The summed E-state index contributed by atoms with van der Waals surface area (Å²) in [6.45, 7) is 0. The molecule has 5 aromatic carbocycles. The molecule has 0 saturated carbocycles. The number of anilines is 3. The fraction of sp³-hybridized carbons (Fsp3) is 0.0278. The van der Waals surface area contributed by atoms with Gasteiger partial charge in [-0.2, -0.15) is 0 Å². The molecule has 2 heterocycles. The van der Waals surface area contributed by atoms with E-state index in [1.807, 2.05) is 12.3 Å². The van der Waals surface area contributed by atoms with Crippen LogP contribution in [0.25, 0.3) is 22.4 Å². The van der Waals surface area contributed by atoms with Crippen molar-refractivity contribution in [1.29, 1.82) is 0 Å². The number of fused-ring (bicyclic) bond motifs is 9. The molecule has 0 bridgehead atoms. The third-order valence-electron chi connectivity index (χ3n) is 8.11. The van der Waals surface area contributed by atoms with E-state index in [9.17, 15) is 0 Å². The monoisotopic (exact) mass is 484 g/mol. The van der Waals surface area contributed by atoms with Gasteiger partial charge in [-0.05, 0) is 69.8 Å². The van der Waals surface area contributed by atoms with Gasteiger partial charge in [0.15, 0.2) is 0 Å². The van der Waals surface area contributed by atoms with Crippen LogP contribution in [0.1, 0.15) is 22.3 Å². The lowest BCUT2D eigenvalue weighted by molar-refractivity contribution is 0.754. The second kappa shape index (κ2) is 8.03. The molecule has 2 nitrogen and oxygen atoms in total. The molecule has 1 aromatic heterocycles. The second-order valence-corrected chi connectivity index (χ2v) is 9.94. The summed E-state index contributed by atoms with van der Waals surface area (Å²) in [5.74, 6) is 0. The SMILES string of the molecule is c1ccc(N2c3ccccc3C3(c4ccccc4-c4cccc(-c5ccccn5)c43)c3ccccc32)cc1. The van der Waals surface area contributed by atoms with Crippen molar-refractivity contribution in [3.8, 4) is 22.4 Å². The van der Waals surface area contributed by atoms with Crippen molar-refractivity contribution >= 4 is 17.1 Å². The van der Waals surface area contributed by atoms with Crippen LogP contribution in [0.2, 0.25) is 0 Å². The Balaban J connectivity index is 1.57. The molecule has 2 heteroatoms. The molecule has 0 N–H and O–H groups in total. The minimum atomic E-state index is -0.474. The standard InChI is InChI=1S/C36H24N2/c1-2-13-25(14-3-1)38-33-22-8-6-19-30(33)36(31-20-7-9-23-34(31)38)29-18-5-4-15-26(29)27-16-12-17-28(35(27)36)32-21-10-11-24-37-32/h1-24H. The summed E-state index contributed by atoms with van der Waals surface area (Å²) in [5.41, 5.74) is 13.1. The average Bonchev–Trinajstić information content (AvgIpc) is 3.30. The molecule has 2 aliphatic rings. The van der Waals surface area contributed by atoms with Crippen LogP contribution < -0.4 is 4.90 Å². The number of benzene rings is 5. The molecule has 178 valence electrons. The van der Waals surface area contributed by atoms with Gasteiger partial charge in [0.1, 0.15) is 0 Å². The van der Waals surface area contributed by atoms with E-state index in [-0.39, 0.29) is 0 Å². The van der Waals surface area contributed by atoms with Crippen LogP contribution in [0.15, 0.2) is 146 Å². The molecule has 0 fully saturated rings. The first-order valence-corrected chi connectivity index (χ1v) is 13.1. The van der Waals surface area contributed by atoms with Gasteiger partial charge in [0, 0.05) is 17.4 Å². The number of pyridine rings is 1. The van der Waals surface area contributed by atoms with Crippen LogP contribution in [0.4, 0.5) is 17.1 Å². The zero-order valence-electron chi connectivity index (χ0n) is 20.8. The molecule has 0 atom stereocenters. The summed E-state index contributed by atoms with van der Waals surface area (Å²) >= 11 is 0. The predicted octanol–water partition coefficient (Wildman–Crippen LogP) is 8.89. The van der Waals surface area contributed by atoms with E-state index in [2.05, 4.69) is 138 Å². The van der Waals surface area contributed by atoms with E-state index in [4.69, 9.17) is 4.98 Å². The third-order valence-corrected chi connectivity index (χ3v) is 8.11. The lowest BCUT2D eigenvalue weighted by Gasteiger charge is -2.45. The summed E-state index contributed by atoms with van der Waals surface area (Å²) in [6.07, 6.45) is 1.89. The van der Waals surface area contributed by atoms with Crippen LogP contribution in [-0.2, 0) is 5.41 Å². The van der Waals surface area contributed by atoms with E-state index < -0.39 is 5.41 Å². The Kier molecular flexibility index (Phi) is 4.47. The Labute approximate surface area is 222 Å². The maximum atomic E-state index is 4.83. The first-order valence-electron chi connectivity index (χ1n) is 13.1. The summed E-state index contributed by atoms with van der Waals surface area (Å²) in [6, 6.07) is 50.4. The quantitative estimate of drug-likeness (QED) is 0.243. The van der Waals surface area contributed by atoms with Crippen molar-refractivity contribution in [3.63, 3.8) is 0 Å². The van der Waals surface area contributed by atoms with E-state index in [0.29, 0.717) is 0 Å². The van der Waals surface area contributed by atoms with Gasteiger partial charge in [-0.25, -0.2) is 0 Å². The van der Waals surface area contributed by atoms with Gasteiger partial charge in [-0.3, -0.25) is 4.98 Å². The minimum Gasteiger partial charge on any atom is -0.310 e. The van der Waals surface area contributed by atoms with Crippen molar-refractivity contribution in [1.82, 2.24) is 4.98 Å². The number of nitrogens with zero attached hydrogens (tertiary/aromatic N) is 2. The van der Waals surface area contributed by atoms with Gasteiger partial charge in [0.25, 0.3) is 0 Å².